The fourth-order valence-electron chi connectivity index (χ4n) is 3.94. The molecule has 4 heterocycles. The standard InChI is InChI=1S/C23H27N9O6S2/c1-23(2,3)25-8-13(33)26-12-4-6-31(7-5-12)9-11-10-39-20-15(19(35)32(20)16(11)21(36)37)27-18(34)14(29-38)17-28-22(24)40-30-17/h4-7,15,20,25H,8-10H2,1-3H3,(H5,24,27,28,30,34,36,37,38)/t15-,20?/m1/s1. The first-order valence-electron chi connectivity index (χ1n) is 11.9. The quantitative estimate of drug-likeness (QED) is 0.0709. The first kappa shape index (κ1) is 28.9. The van der Waals surface area contributed by atoms with E-state index < -0.39 is 34.9 Å². The van der Waals surface area contributed by atoms with E-state index in [-0.39, 0.29) is 46.9 Å². The molecule has 17 heteroatoms. The monoisotopic (exact) mass is 589 g/mol. The second kappa shape index (κ2) is 11.6. The number of fused-ring (bicyclic) bond motifs is 1. The molecule has 1 unspecified atom stereocenters. The normalized spacial score (nSPS) is 19.1. The third-order valence-electron chi connectivity index (χ3n) is 5.82. The molecule has 3 amide bonds. The van der Waals surface area contributed by atoms with E-state index in [1.54, 1.807) is 29.1 Å². The molecule has 6 N–H and O–H groups in total. The van der Waals surface area contributed by atoms with E-state index in [2.05, 4.69) is 30.5 Å². The zero-order valence-electron chi connectivity index (χ0n) is 21.7. The molecular formula is C23H27N9O6S2. The predicted octanol–water partition coefficient (Wildman–Crippen LogP) is -1.98. The van der Waals surface area contributed by atoms with Crippen molar-refractivity contribution >= 4 is 63.5 Å². The van der Waals surface area contributed by atoms with Crippen molar-refractivity contribution < 1.29 is 34.1 Å². The van der Waals surface area contributed by atoms with Gasteiger partial charge in [-0.2, -0.15) is 9.36 Å². The molecule has 2 aliphatic heterocycles. The van der Waals surface area contributed by atoms with E-state index in [0.29, 0.717) is 11.3 Å². The number of hydrogen-bond acceptors (Lipinski definition) is 13. The summed E-state index contributed by atoms with van der Waals surface area (Å²) in [5.41, 5.74) is 5.52. The lowest BCUT2D eigenvalue weighted by Gasteiger charge is -2.50. The van der Waals surface area contributed by atoms with Gasteiger partial charge in [0, 0.05) is 40.5 Å². The molecule has 4 rings (SSSR count). The summed E-state index contributed by atoms with van der Waals surface area (Å²) in [6.45, 7) is 6.17. The lowest BCUT2D eigenvalue weighted by Crippen LogP contribution is -2.71. The van der Waals surface area contributed by atoms with Crippen LogP contribution in [0.15, 0.2) is 41.0 Å². The highest BCUT2D eigenvalue weighted by atomic mass is 32.2. The van der Waals surface area contributed by atoms with Gasteiger partial charge in [-0.25, -0.2) is 4.57 Å². The highest BCUT2D eigenvalue weighted by molar-refractivity contribution is 8.00. The number of β-lactam (4-membered cyclic amide) rings is 1. The predicted molar refractivity (Wildman–Crippen MR) is 143 cm³/mol. The number of carbonyl (C=O) groups excluding carboxylic acids is 4. The first-order chi connectivity index (χ1) is 18.9. The number of aromatic nitrogens is 3. The Balaban J connectivity index is 1.42. The summed E-state index contributed by atoms with van der Waals surface area (Å²) >= 11 is 2.06. The maximum Gasteiger partial charge on any atom is 0.278 e. The van der Waals surface area contributed by atoms with Crippen LogP contribution >= 0.6 is 23.3 Å². The zero-order valence-corrected chi connectivity index (χ0v) is 23.3. The number of oxime groups is 1. The van der Waals surface area contributed by atoms with Crippen molar-refractivity contribution in [2.45, 2.75) is 44.3 Å². The Morgan fingerprint density at radius 1 is 1.30 bits per heavy atom. The lowest BCUT2D eigenvalue weighted by molar-refractivity contribution is -0.689. The zero-order chi connectivity index (χ0) is 29.2. The molecule has 0 saturated carbocycles. The van der Waals surface area contributed by atoms with Crippen LogP contribution in [0, 0.1) is 0 Å². The molecule has 0 radical (unpaired) electrons. The Morgan fingerprint density at radius 3 is 2.58 bits per heavy atom. The maximum atomic E-state index is 12.9. The molecule has 2 aromatic heterocycles. The van der Waals surface area contributed by atoms with Crippen LogP contribution in [0.1, 0.15) is 26.6 Å². The third kappa shape index (κ3) is 6.37. The Morgan fingerprint density at radius 2 is 2.00 bits per heavy atom. The topological polar surface area (TPSA) is 219 Å². The molecule has 1 fully saturated rings. The fraction of sp³-hybridized carbons (Fsp3) is 0.391. The molecule has 2 atom stereocenters. The van der Waals surface area contributed by atoms with E-state index >= 15 is 0 Å². The van der Waals surface area contributed by atoms with Crippen LogP contribution in [0.5, 0.6) is 0 Å². The molecular weight excluding hydrogens is 562 g/mol. The van der Waals surface area contributed by atoms with Gasteiger partial charge in [0.1, 0.15) is 11.4 Å². The van der Waals surface area contributed by atoms with Gasteiger partial charge in [-0.1, -0.05) is 5.16 Å². The van der Waals surface area contributed by atoms with Crippen molar-refractivity contribution in [2.24, 2.45) is 5.16 Å². The minimum Gasteiger partial charge on any atom is -0.543 e. The lowest BCUT2D eigenvalue weighted by atomic mass is 10.0. The van der Waals surface area contributed by atoms with E-state index in [4.69, 9.17) is 5.73 Å². The van der Waals surface area contributed by atoms with E-state index in [1.807, 2.05) is 20.8 Å². The van der Waals surface area contributed by atoms with Crippen LogP contribution in [0.4, 0.5) is 10.8 Å². The van der Waals surface area contributed by atoms with Gasteiger partial charge in [-0.05, 0) is 20.8 Å². The SMILES string of the molecule is CC(C)(C)NCC(=O)Nc1cc[n+](CC2=C(C(=O)[O-])N3C(=O)[C@@H](NC(=O)/C(=N\O)c4nsc(N)n4)C3SC2)cc1. The number of nitrogens with two attached hydrogens (primary N) is 1. The highest BCUT2D eigenvalue weighted by Gasteiger charge is 2.53. The minimum atomic E-state index is -1.52. The number of carbonyl (C=O) groups is 4. The molecule has 212 valence electrons. The van der Waals surface area contributed by atoms with Crippen molar-refractivity contribution in [3.05, 3.63) is 41.6 Å². The second-order valence-corrected chi connectivity index (χ2v) is 11.8. The Kier molecular flexibility index (Phi) is 8.36. The summed E-state index contributed by atoms with van der Waals surface area (Å²) in [5.74, 6) is -3.25. The molecule has 0 bridgehead atoms. The van der Waals surface area contributed by atoms with Crippen molar-refractivity contribution in [3.8, 4) is 0 Å². The fourth-order valence-corrected chi connectivity index (χ4v) is 5.71. The van der Waals surface area contributed by atoms with Crippen LogP contribution in [-0.2, 0) is 25.7 Å². The van der Waals surface area contributed by atoms with Crippen molar-refractivity contribution in [3.63, 3.8) is 0 Å². The van der Waals surface area contributed by atoms with Gasteiger partial charge in [-0.3, -0.25) is 19.3 Å². The summed E-state index contributed by atoms with van der Waals surface area (Å²) in [6, 6.07) is 2.29. The van der Waals surface area contributed by atoms with E-state index in [9.17, 15) is 29.5 Å². The summed E-state index contributed by atoms with van der Waals surface area (Å²) in [6.07, 6.45) is 3.36. The Labute approximate surface area is 236 Å². The van der Waals surface area contributed by atoms with Crippen LogP contribution in [0.3, 0.4) is 0 Å². The average Bonchev–Trinajstić information content (AvgIpc) is 3.32. The van der Waals surface area contributed by atoms with Gasteiger partial charge >= 0.3 is 0 Å². The number of anilines is 2. The number of aliphatic carboxylic acids is 1. The molecule has 2 aliphatic rings. The number of hydrogen-bond donors (Lipinski definition) is 5. The first-order valence-corrected chi connectivity index (χ1v) is 13.7. The number of nitrogens with zero attached hydrogens (tertiary/aromatic N) is 5. The van der Waals surface area contributed by atoms with Crippen molar-refractivity contribution in [2.75, 3.05) is 23.3 Å². The smallest absolute Gasteiger partial charge is 0.278 e. The van der Waals surface area contributed by atoms with Gasteiger partial charge in [0.2, 0.25) is 17.4 Å². The van der Waals surface area contributed by atoms with Gasteiger partial charge in [0.25, 0.3) is 11.8 Å². The van der Waals surface area contributed by atoms with Gasteiger partial charge in [0.05, 0.1) is 23.9 Å². The summed E-state index contributed by atoms with van der Waals surface area (Å²) in [7, 11) is 0. The molecule has 40 heavy (non-hydrogen) atoms. The number of carboxylic acid groups (broad SMARTS) is 1. The largest absolute Gasteiger partial charge is 0.543 e. The number of nitrogen functional groups attached to an aromatic ring is 1. The van der Waals surface area contributed by atoms with Gasteiger partial charge < -0.3 is 36.8 Å². The Bertz CT molecular complexity index is 1400. The summed E-state index contributed by atoms with van der Waals surface area (Å²) in [4.78, 5) is 54.6. The number of pyridine rings is 1. The van der Waals surface area contributed by atoms with Crippen LogP contribution < -0.4 is 31.4 Å². The average molecular weight is 590 g/mol. The molecule has 0 spiro atoms. The van der Waals surface area contributed by atoms with Crippen LogP contribution in [0.2, 0.25) is 0 Å². The molecule has 0 aliphatic carbocycles. The maximum absolute atomic E-state index is 12.9. The molecule has 0 aromatic carbocycles. The summed E-state index contributed by atoms with van der Waals surface area (Å²) < 4.78 is 5.53. The summed E-state index contributed by atoms with van der Waals surface area (Å²) in [5, 5.41) is 31.9. The van der Waals surface area contributed by atoms with Gasteiger partial charge in [-0.15, -0.1) is 11.8 Å². The van der Waals surface area contributed by atoms with Crippen LogP contribution in [0.25, 0.3) is 0 Å². The van der Waals surface area contributed by atoms with E-state index in [0.717, 1.165) is 16.4 Å². The van der Waals surface area contributed by atoms with Crippen molar-refractivity contribution in [1.29, 1.82) is 0 Å². The molecule has 1 saturated heterocycles. The van der Waals surface area contributed by atoms with Gasteiger partial charge in [0.15, 0.2) is 24.1 Å². The second-order valence-electron chi connectivity index (χ2n) is 9.92. The molecule has 15 nitrogen and oxygen atoms in total. The number of nitrogens with one attached hydrogen (secondary N) is 3. The number of rotatable bonds is 9. The van der Waals surface area contributed by atoms with Crippen molar-refractivity contribution in [1.82, 2.24) is 24.9 Å². The van der Waals surface area contributed by atoms with Crippen LogP contribution in [-0.4, -0.2) is 78.1 Å². The Hall–Kier alpha value is -4.09. The third-order valence-corrected chi connectivity index (χ3v) is 7.71. The molecule has 2 aromatic rings. The number of carboxylic acids is 1. The minimum absolute atomic E-state index is 0.0552. The van der Waals surface area contributed by atoms with E-state index in [1.165, 1.54) is 11.8 Å². The highest BCUT2D eigenvalue weighted by Crippen LogP contribution is 2.40. The number of thioether (sulfide) groups is 1. The number of amides is 3.